The van der Waals surface area contributed by atoms with Crippen LogP contribution in [0.3, 0.4) is 0 Å². The van der Waals surface area contributed by atoms with Gasteiger partial charge in [0.2, 0.25) is 5.91 Å². The summed E-state index contributed by atoms with van der Waals surface area (Å²) in [5.74, 6) is -1.16. The normalized spacial score (nSPS) is 13.3. The Morgan fingerprint density at radius 3 is 2.84 bits per heavy atom. The molecule has 0 radical (unpaired) electrons. The summed E-state index contributed by atoms with van der Waals surface area (Å²) in [7, 11) is 1.37. The van der Waals surface area contributed by atoms with E-state index < -0.39 is 11.7 Å². The fourth-order valence-electron chi connectivity index (χ4n) is 3.87. The van der Waals surface area contributed by atoms with Gasteiger partial charge in [0.05, 0.1) is 19.1 Å². The minimum absolute atomic E-state index is 0.0815. The summed E-state index contributed by atoms with van der Waals surface area (Å²) >= 11 is 1.39. The van der Waals surface area contributed by atoms with Crippen molar-refractivity contribution in [3.05, 3.63) is 81.2 Å². The SMILES string of the molecule is COc1cccc(CC(=O)Nc2sc3c(c2C#N)CN(Cc2cccc(F)c2)CC3)c1F. The first-order valence-electron chi connectivity index (χ1n) is 10.1. The number of amides is 1. The largest absolute Gasteiger partial charge is 0.494 e. The molecule has 0 atom stereocenters. The lowest BCUT2D eigenvalue weighted by molar-refractivity contribution is -0.115. The van der Waals surface area contributed by atoms with Crippen LogP contribution in [0.4, 0.5) is 13.8 Å². The second-order valence-electron chi connectivity index (χ2n) is 7.57. The number of hydrogen-bond acceptors (Lipinski definition) is 5. The Hall–Kier alpha value is -3.28. The van der Waals surface area contributed by atoms with Crippen molar-refractivity contribution >= 4 is 22.2 Å². The van der Waals surface area contributed by atoms with Gasteiger partial charge in [0, 0.05) is 35.6 Å². The average Bonchev–Trinajstić information content (AvgIpc) is 3.11. The summed E-state index contributed by atoms with van der Waals surface area (Å²) in [6.45, 7) is 1.90. The van der Waals surface area contributed by atoms with Gasteiger partial charge in [-0.1, -0.05) is 24.3 Å². The molecular formula is C24H21F2N3O2S. The zero-order chi connectivity index (χ0) is 22.7. The van der Waals surface area contributed by atoms with E-state index in [9.17, 15) is 18.8 Å². The molecule has 1 aliphatic heterocycles. The van der Waals surface area contributed by atoms with Gasteiger partial charge in [-0.15, -0.1) is 11.3 Å². The van der Waals surface area contributed by atoms with Crippen LogP contribution in [0.5, 0.6) is 5.75 Å². The molecule has 0 saturated carbocycles. The number of nitrogens with one attached hydrogen (secondary N) is 1. The molecule has 2 heterocycles. The first-order valence-corrected chi connectivity index (χ1v) is 10.9. The summed E-state index contributed by atoms with van der Waals surface area (Å²) in [6, 6.07) is 13.4. The summed E-state index contributed by atoms with van der Waals surface area (Å²) in [6.07, 6.45) is 0.576. The summed E-state index contributed by atoms with van der Waals surface area (Å²) in [5.41, 5.74) is 2.43. The molecule has 4 rings (SSSR count). The molecule has 5 nitrogen and oxygen atoms in total. The number of fused-ring (bicyclic) bond motifs is 1. The second kappa shape index (κ2) is 9.47. The maximum atomic E-state index is 14.4. The third-order valence-electron chi connectivity index (χ3n) is 5.40. The minimum Gasteiger partial charge on any atom is -0.494 e. The standard InChI is InChI=1S/C24H21F2N3O2S/c1-31-20-7-3-5-16(23(20)26)11-22(30)28-24-18(12-27)19-14-29(9-8-21(19)32-24)13-15-4-2-6-17(25)10-15/h2-7,10H,8-9,11,13-14H2,1H3,(H,28,30). The van der Waals surface area contributed by atoms with Gasteiger partial charge in [-0.25, -0.2) is 8.78 Å². The van der Waals surface area contributed by atoms with Crippen molar-refractivity contribution in [1.82, 2.24) is 4.90 Å². The Morgan fingerprint density at radius 1 is 1.28 bits per heavy atom. The Balaban J connectivity index is 1.48. The molecular weight excluding hydrogens is 432 g/mol. The lowest BCUT2D eigenvalue weighted by Gasteiger charge is -2.27. The van der Waals surface area contributed by atoms with Crippen LogP contribution in [0.1, 0.15) is 27.1 Å². The number of halogens is 2. The van der Waals surface area contributed by atoms with Crippen LogP contribution in [0.2, 0.25) is 0 Å². The van der Waals surface area contributed by atoms with Crippen molar-refractivity contribution in [1.29, 1.82) is 5.26 Å². The molecule has 164 valence electrons. The molecule has 2 aromatic carbocycles. The van der Waals surface area contributed by atoms with Crippen LogP contribution >= 0.6 is 11.3 Å². The third-order valence-corrected chi connectivity index (χ3v) is 6.61. The Labute approximate surface area is 188 Å². The predicted octanol–water partition coefficient (Wildman–Crippen LogP) is 4.65. The number of rotatable bonds is 6. The number of carbonyl (C=O) groups excluding carboxylic acids is 1. The molecule has 1 N–H and O–H groups in total. The molecule has 32 heavy (non-hydrogen) atoms. The molecule has 0 saturated heterocycles. The highest BCUT2D eigenvalue weighted by molar-refractivity contribution is 7.16. The van der Waals surface area contributed by atoms with E-state index >= 15 is 0 Å². The zero-order valence-electron chi connectivity index (χ0n) is 17.5. The molecule has 0 aliphatic carbocycles. The number of thiophene rings is 1. The number of nitriles is 1. The molecule has 1 aromatic heterocycles. The van der Waals surface area contributed by atoms with Crippen LogP contribution in [0, 0.1) is 23.0 Å². The highest BCUT2D eigenvalue weighted by Crippen LogP contribution is 2.37. The van der Waals surface area contributed by atoms with E-state index in [0.29, 0.717) is 23.7 Å². The highest BCUT2D eigenvalue weighted by atomic mass is 32.1. The molecule has 0 bridgehead atoms. The number of methoxy groups -OCH3 is 1. The molecule has 0 fully saturated rings. The number of carbonyl (C=O) groups is 1. The predicted molar refractivity (Wildman–Crippen MR) is 119 cm³/mol. The number of benzene rings is 2. The Morgan fingerprint density at radius 2 is 2.09 bits per heavy atom. The summed E-state index contributed by atoms with van der Waals surface area (Å²) in [5, 5.41) is 13.0. The number of anilines is 1. The molecule has 0 spiro atoms. The Kier molecular flexibility index (Phi) is 6.49. The topological polar surface area (TPSA) is 65.4 Å². The van der Waals surface area contributed by atoms with Crippen molar-refractivity contribution in [3.63, 3.8) is 0 Å². The smallest absolute Gasteiger partial charge is 0.229 e. The van der Waals surface area contributed by atoms with Gasteiger partial charge in [-0.3, -0.25) is 9.69 Å². The van der Waals surface area contributed by atoms with Crippen molar-refractivity contribution in [2.24, 2.45) is 0 Å². The monoisotopic (exact) mass is 453 g/mol. The van der Waals surface area contributed by atoms with Gasteiger partial charge in [-0.05, 0) is 30.2 Å². The van der Waals surface area contributed by atoms with E-state index in [1.807, 2.05) is 6.07 Å². The molecule has 1 aliphatic rings. The van der Waals surface area contributed by atoms with Gasteiger partial charge in [0.15, 0.2) is 11.6 Å². The Bertz CT molecular complexity index is 1200. The maximum Gasteiger partial charge on any atom is 0.229 e. The van der Waals surface area contributed by atoms with Crippen LogP contribution in [0.25, 0.3) is 0 Å². The highest BCUT2D eigenvalue weighted by Gasteiger charge is 2.26. The van der Waals surface area contributed by atoms with Crippen molar-refractivity contribution in [3.8, 4) is 11.8 Å². The van der Waals surface area contributed by atoms with E-state index in [1.54, 1.807) is 12.1 Å². The second-order valence-corrected chi connectivity index (χ2v) is 8.67. The molecule has 3 aromatic rings. The quantitative estimate of drug-likeness (QED) is 0.590. The van der Waals surface area contributed by atoms with Crippen molar-refractivity contribution in [2.45, 2.75) is 25.9 Å². The van der Waals surface area contributed by atoms with E-state index in [0.717, 1.165) is 29.0 Å². The van der Waals surface area contributed by atoms with Gasteiger partial charge < -0.3 is 10.1 Å². The van der Waals surface area contributed by atoms with E-state index in [2.05, 4.69) is 16.3 Å². The van der Waals surface area contributed by atoms with Gasteiger partial charge >= 0.3 is 0 Å². The van der Waals surface area contributed by atoms with E-state index in [4.69, 9.17) is 4.74 Å². The van der Waals surface area contributed by atoms with Gasteiger partial charge in [0.1, 0.15) is 16.9 Å². The van der Waals surface area contributed by atoms with Crippen molar-refractivity contribution < 1.29 is 18.3 Å². The number of nitrogens with zero attached hydrogens (tertiary/aromatic N) is 2. The fraction of sp³-hybridized carbons (Fsp3) is 0.250. The fourth-order valence-corrected chi connectivity index (χ4v) is 5.04. The maximum absolute atomic E-state index is 14.4. The van der Waals surface area contributed by atoms with Crippen LogP contribution in [-0.2, 0) is 30.7 Å². The van der Waals surface area contributed by atoms with E-state index in [-0.39, 0.29) is 23.6 Å². The first-order chi connectivity index (χ1) is 15.5. The van der Waals surface area contributed by atoms with Crippen LogP contribution in [0.15, 0.2) is 42.5 Å². The van der Waals surface area contributed by atoms with Gasteiger partial charge in [-0.2, -0.15) is 5.26 Å². The molecule has 8 heteroatoms. The molecule has 0 unspecified atom stereocenters. The lowest BCUT2D eigenvalue weighted by atomic mass is 10.0. The molecule has 1 amide bonds. The number of ether oxygens (including phenoxy) is 1. The lowest BCUT2D eigenvalue weighted by Crippen LogP contribution is -2.29. The van der Waals surface area contributed by atoms with Crippen molar-refractivity contribution in [2.75, 3.05) is 19.0 Å². The average molecular weight is 454 g/mol. The third kappa shape index (κ3) is 4.64. The van der Waals surface area contributed by atoms with Gasteiger partial charge in [0.25, 0.3) is 0 Å². The summed E-state index contributed by atoms with van der Waals surface area (Å²) < 4.78 is 32.8. The van der Waals surface area contributed by atoms with Crippen LogP contribution in [-0.4, -0.2) is 24.5 Å². The summed E-state index contributed by atoms with van der Waals surface area (Å²) in [4.78, 5) is 15.8. The van der Waals surface area contributed by atoms with Crippen LogP contribution < -0.4 is 10.1 Å². The minimum atomic E-state index is -0.566. The number of hydrogen-bond donors (Lipinski definition) is 1. The zero-order valence-corrected chi connectivity index (χ0v) is 18.3. The van der Waals surface area contributed by atoms with E-state index in [1.165, 1.54) is 42.7 Å². The first kappa shape index (κ1) is 21.9.